The second kappa shape index (κ2) is 9.75. The van der Waals surface area contributed by atoms with Crippen molar-refractivity contribution < 1.29 is 9.53 Å². The van der Waals surface area contributed by atoms with Crippen molar-refractivity contribution in [2.45, 2.75) is 25.4 Å². The number of amides is 2. The maximum atomic E-state index is 12.9. The number of hydrogen-bond acceptors (Lipinski definition) is 3. The van der Waals surface area contributed by atoms with Gasteiger partial charge < -0.3 is 20.4 Å². The van der Waals surface area contributed by atoms with Gasteiger partial charge in [0.25, 0.3) is 0 Å². The molecule has 4 rings (SSSR count). The molecule has 3 N–H and O–H groups in total. The number of fused-ring (bicyclic) bond motifs is 1. The second-order valence-corrected chi connectivity index (χ2v) is 8.07. The Morgan fingerprint density at radius 3 is 2.56 bits per heavy atom. The highest BCUT2D eigenvalue weighted by atomic mass is 35.5. The van der Waals surface area contributed by atoms with E-state index in [1.54, 1.807) is 7.11 Å². The Kier molecular flexibility index (Phi) is 6.61. The SMILES string of the molecule is COc1ccc(CC(NC(=O)N[C@H](C)c2cccc(Cl)c2)c2nc3ccccc3[nH]2)cc1. The number of H-pyrrole nitrogens is 1. The molecule has 0 saturated carbocycles. The summed E-state index contributed by atoms with van der Waals surface area (Å²) in [6.45, 7) is 1.92. The van der Waals surface area contributed by atoms with E-state index < -0.39 is 0 Å². The van der Waals surface area contributed by atoms with E-state index in [1.165, 1.54) is 0 Å². The number of methoxy groups -OCH3 is 1. The van der Waals surface area contributed by atoms with Gasteiger partial charge in [-0.15, -0.1) is 0 Å². The van der Waals surface area contributed by atoms with Gasteiger partial charge in [0, 0.05) is 5.02 Å². The standard InChI is InChI=1S/C25H25ClN4O2/c1-16(18-6-5-7-19(26)15-18)27-25(31)30-23(14-17-10-12-20(32-2)13-11-17)24-28-21-8-3-4-9-22(21)29-24/h3-13,15-16,23H,14H2,1-2H3,(H,28,29)(H2,27,30,31)/t16-,23?/m1/s1. The summed E-state index contributed by atoms with van der Waals surface area (Å²) in [5.74, 6) is 1.49. The van der Waals surface area contributed by atoms with Crippen LogP contribution in [-0.4, -0.2) is 23.1 Å². The van der Waals surface area contributed by atoms with E-state index in [4.69, 9.17) is 21.3 Å². The van der Waals surface area contributed by atoms with Crippen LogP contribution in [0, 0.1) is 0 Å². The number of carbonyl (C=O) groups excluding carboxylic acids is 1. The summed E-state index contributed by atoms with van der Waals surface area (Å²) < 4.78 is 5.25. The largest absolute Gasteiger partial charge is 0.497 e. The van der Waals surface area contributed by atoms with Crippen LogP contribution in [0.5, 0.6) is 5.75 Å². The van der Waals surface area contributed by atoms with Gasteiger partial charge in [-0.3, -0.25) is 0 Å². The Balaban J connectivity index is 1.54. The molecule has 0 aliphatic heterocycles. The smallest absolute Gasteiger partial charge is 0.315 e. The summed E-state index contributed by atoms with van der Waals surface area (Å²) in [5.41, 5.74) is 3.77. The number of rotatable bonds is 7. The predicted molar refractivity (Wildman–Crippen MR) is 127 cm³/mol. The van der Waals surface area contributed by atoms with Gasteiger partial charge in [0.1, 0.15) is 11.6 Å². The number of carbonyl (C=O) groups is 1. The third kappa shape index (κ3) is 5.21. The average Bonchev–Trinajstić information content (AvgIpc) is 3.23. The first-order valence-corrected chi connectivity index (χ1v) is 10.8. The minimum Gasteiger partial charge on any atom is -0.497 e. The Morgan fingerprint density at radius 1 is 1.06 bits per heavy atom. The molecule has 0 radical (unpaired) electrons. The lowest BCUT2D eigenvalue weighted by Gasteiger charge is -2.20. The van der Waals surface area contributed by atoms with Crippen molar-refractivity contribution in [3.05, 3.63) is 94.8 Å². The molecule has 1 heterocycles. The topological polar surface area (TPSA) is 79.0 Å². The van der Waals surface area contributed by atoms with Crippen LogP contribution in [0.4, 0.5) is 4.79 Å². The van der Waals surface area contributed by atoms with E-state index in [0.29, 0.717) is 17.3 Å². The summed E-state index contributed by atoms with van der Waals surface area (Å²) in [6.07, 6.45) is 0.572. The van der Waals surface area contributed by atoms with Gasteiger partial charge in [-0.25, -0.2) is 9.78 Å². The Bertz CT molecular complexity index is 1170. The fourth-order valence-corrected chi connectivity index (χ4v) is 3.81. The molecule has 0 aliphatic rings. The van der Waals surface area contributed by atoms with Gasteiger partial charge in [-0.05, 0) is 60.9 Å². The Morgan fingerprint density at radius 2 is 1.84 bits per heavy atom. The molecule has 0 bridgehead atoms. The van der Waals surface area contributed by atoms with E-state index in [2.05, 4.69) is 15.6 Å². The fraction of sp³-hybridized carbons (Fsp3) is 0.200. The molecule has 3 aromatic carbocycles. The minimum absolute atomic E-state index is 0.203. The third-order valence-electron chi connectivity index (χ3n) is 5.34. The summed E-state index contributed by atoms with van der Waals surface area (Å²) in [7, 11) is 1.64. The van der Waals surface area contributed by atoms with Crippen molar-refractivity contribution >= 4 is 28.7 Å². The molecule has 164 valence electrons. The number of imidazole rings is 1. The molecule has 0 aliphatic carbocycles. The van der Waals surface area contributed by atoms with Crippen molar-refractivity contribution in [2.24, 2.45) is 0 Å². The van der Waals surface area contributed by atoms with Crippen molar-refractivity contribution in [1.82, 2.24) is 20.6 Å². The zero-order chi connectivity index (χ0) is 22.5. The van der Waals surface area contributed by atoms with E-state index >= 15 is 0 Å². The van der Waals surface area contributed by atoms with E-state index in [-0.39, 0.29) is 18.1 Å². The first kappa shape index (κ1) is 21.7. The van der Waals surface area contributed by atoms with Crippen LogP contribution < -0.4 is 15.4 Å². The van der Waals surface area contributed by atoms with Gasteiger partial charge in [-0.1, -0.05) is 48.0 Å². The van der Waals surface area contributed by atoms with Crippen LogP contribution in [0.25, 0.3) is 11.0 Å². The molecule has 4 aromatic rings. The first-order chi connectivity index (χ1) is 15.5. The molecule has 2 atom stereocenters. The van der Waals surface area contributed by atoms with Crippen molar-refractivity contribution in [3.8, 4) is 5.75 Å². The van der Waals surface area contributed by atoms with Crippen LogP contribution in [-0.2, 0) is 6.42 Å². The molecule has 0 spiro atoms. The van der Waals surface area contributed by atoms with E-state index in [1.807, 2.05) is 79.7 Å². The lowest BCUT2D eigenvalue weighted by molar-refractivity contribution is 0.233. The zero-order valence-electron chi connectivity index (χ0n) is 17.9. The quantitative estimate of drug-likeness (QED) is 0.346. The molecule has 32 heavy (non-hydrogen) atoms. The third-order valence-corrected chi connectivity index (χ3v) is 5.57. The van der Waals surface area contributed by atoms with Gasteiger partial charge in [0.15, 0.2) is 0 Å². The highest BCUT2D eigenvalue weighted by Crippen LogP contribution is 2.22. The monoisotopic (exact) mass is 448 g/mol. The molecule has 6 nitrogen and oxygen atoms in total. The summed E-state index contributed by atoms with van der Waals surface area (Å²) >= 11 is 6.09. The number of aromatic amines is 1. The number of para-hydroxylation sites is 2. The van der Waals surface area contributed by atoms with Crippen LogP contribution in [0.15, 0.2) is 72.8 Å². The summed E-state index contributed by atoms with van der Waals surface area (Å²) in [6, 6.07) is 22.2. The van der Waals surface area contributed by atoms with Crippen molar-refractivity contribution in [2.75, 3.05) is 7.11 Å². The van der Waals surface area contributed by atoms with Gasteiger partial charge in [0.05, 0.1) is 30.2 Å². The van der Waals surface area contributed by atoms with Gasteiger partial charge in [0.2, 0.25) is 0 Å². The summed E-state index contributed by atoms with van der Waals surface area (Å²) in [4.78, 5) is 20.9. The average molecular weight is 449 g/mol. The number of benzene rings is 3. The Labute approximate surface area is 192 Å². The molecule has 2 amide bonds. The lowest BCUT2D eigenvalue weighted by Crippen LogP contribution is -2.40. The van der Waals surface area contributed by atoms with Crippen LogP contribution >= 0.6 is 11.6 Å². The highest BCUT2D eigenvalue weighted by molar-refractivity contribution is 6.30. The van der Waals surface area contributed by atoms with E-state index in [0.717, 1.165) is 27.9 Å². The normalized spacial score (nSPS) is 12.8. The Hall–Kier alpha value is -3.51. The fourth-order valence-electron chi connectivity index (χ4n) is 3.61. The second-order valence-electron chi connectivity index (χ2n) is 7.64. The number of ether oxygens (including phenoxy) is 1. The molecule has 0 saturated heterocycles. The number of halogens is 1. The highest BCUT2D eigenvalue weighted by Gasteiger charge is 2.20. The van der Waals surface area contributed by atoms with Crippen LogP contribution in [0.1, 0.15) is 36.0 Å². The van der Waals surface area contributed by atoms with Gasteiger partial charge in [-0.2, -0.15) is 0 Å². The molecule has 1 aromatic heterocycles. The maximum absolute atomic E-state index is 12.9. The number of aromatic nitrogens is 2. The van der Waals surface area contributed by atoms with Crippen LogP contribution in [0.2, 0.25) is 5.02 Å². The molecular formula is C25H25ClN4O2. The molecular weight excluding hydrogens is 424 g/mol. The molecule has 0 fully saturated rings. The van der Waals surface area contributed by atoms with Crippen molar-refractivity contribution in [3.63, 3.8) is 0 Å². The number of urea groups is 1. The molecule has 1 unspecified atom stereocenters. The lowest BCUT2D eigenvalue weighted by atomic mass is 10.1. The van der Waals surface area contributed by atoms with Crippen molar-refractivity contribution in [1.29, 1.82) is 0 Å². The van der Waals surface area contributed by atoms with Gasteiger partial charge >= 0.3 is 6.03 Å². The van der Waals surface area contributed by atoms with E-state index in [9.17, 15) is 4.79 Å². The number of nitrogens with one attached hydrogen (secondary N) is 3. The first-order valence-electron chi connectivity index (χ1n) is 10.4. The molecule has 7 heteroatoms. The number of hydrogen-bond donors (Lipinski definition) is 3. The minimum atomic E-state index is -0.345. The summed E-state index contributed by atoms with van der Waals surface area (Å²) in [5, 5.41) is 6.71. The zero-order valence-corrected chi connectivity index (χ0v) is 18.7. The number of nitrogens with zero attached hydrogens (tertiary/aromatic N) is 1. The maximum Gasteiger partial charge on any atom is 0.315 e. The predicted octanol–water partition coefficient (Wildman–Crippen LogP) is 5.57. The van der Waals surface area contributed by atoms with Crippen LogP contribution in [0.3, 0.4) is 0 Å².